The van der Waals surface area contributed by atoms with Gasteiger partial charge in [0.05, 0.1) is 10.6 Å². The van der Waals surface area contributed by atoms with Crippen LogP contribution in [0, 0.1) is 6.92 Å². The van der Waals surface area contributed by atoms with Crippen LogP contribution in [0.1, 0.15) is 11.3 Å². The monoisotopic (exact) mass is 410 g/mol. The van der Waals surface area contributed by atoms with Crippen LogP contribution in [0.2, 0.25) is 0 Å². The average molecular weight is 411 g/mol. The van der Waals surface area contributed by atoms with Crippen LogP contribution in [0.15, 0.2) is 58.3 Å². The lowest BCUT2D eigenvalue weighted by Crippen LogP contribution is -2.27. The highest BCUT2D eigenvalue weighted by Crippen LogP contribution is 2.38. The average Bonchev–Trinajstić information content (AvgIpc) is 3.10. The van der Waals surface area contributed by atoms with E-state index in [2.05, 4.69) is 23.6 Å². The highest BCUT2D eigenvalue weighted by atomic mass is 32.2. The topological polar surface area (TPSA) is 25.2 Å². The molecule has 0 aliphatic carbocycles. The molecular formula is C21H18N2OS3. The Hall–Kier alpha value is -2.02. The SMILES string of the molecule is CSc1cccc(N2C(=O)/C(=C/c3c(C)n(C)c4ccccc34)SC2=S)c1. The number of carbonyl (C=O) groups is 1. The Labute approximate surface area is 172 Å². The van der Waals surface area contributed by atoms with Crippen LogP contribution in [0.3, 0.4) is 0 Å². The Kier molecular flexibility index (Phi) is 4.88. The Morgan fingerprint density at radius 3 is 2.70 bits per heavy atom. The number of aryl methyl sites for hydroxylation is 1. The van der Waals surface area contributed by atoms with Crippen molar-refractivity contribution in [1.82, 2.24) is 4.57 Å². The van der Waals surface area contributed by atoms with E-state index >= 15 is 0 Å². The molecule has 0 unspecified atom stereocenters. The molecule has 1 aliphatic rings. The third kappa shape index (κ3) is 3.12. The van der Waals surface area contributed by atoms with Gasteiger partial charge in [-0.2, -0.15) is 0 Å². The van der Waals surface area contributed by atoms with Crippen LogP contribution < -0.4 is 4.90 Å². The van der Waals surface area contributed by atoms with E-state index in [1.165, 1.54) is 11.8 Å². The van der Waals surface area contributed by atoms with Gasteiger partial charge in [0.25, 0.3) is 5.91 Å². The van der Waals surface area contributed by atoms with Gasteiger partial charge >= 0.3 is 0 Å². The second-order valence-corrected chi connectivity index (χ2v) is 8.85. The molecule has 1 saturated heterocycles. The summed E-state index contributed by atoms with van der Waals surface area (Å²) in [5, 5.41) is 1.15. The third-order valence-electron chi connectivity index (χ3n) is 4.83. The van der Waals surface area contributed by atoms with Gasteiger partial charge in [0.2, 0.25) is 0 Å². The fourth-order valence-electron chi connectivity index (χ4n) is 3.30. The number of thiocarbonyl (C=S) groups is 1. The molecule has 27 heavy (non-hydrogen) atoms. The molecule has 2 heterocycles. The molecule has 3 nitrogen and oxygen atoms in total. The first-order valence-corrected chi connectivity index (χ1v) is 10.9. The number of hydrogen-bond donors (Lipinski definition) is 0. The highest BCUT2D eigenvalue weighted by molar-refractivity contribution is 8.27. The maximum absolute atomic E-state index is 13.1. The lowest BCUT2D eigenvalue weighted by molar-refractivity contribution is -0.113. The number of rotatable bonds is 3. The summed E-state index contributed by atoms with van der Waals surface area (Å²) in [4.78, 5) is 16.5. The van der Waals surface area contributed by atoms with Crippen LogP contribution in [0.25, 0.3) is 17.0 Å². The van der Waals surface area contributed by atoms with Gasteiger partial charge in [-0.3, -0.25) is 9.69 Å². The summed E-state index contributed by atoms with van der Waals surface area (Å²) in [7, 11) is 2.05. The van der Waals surface area contributed by atoms with Gasteiger partial charge in [-0.15, -0.1) is 11.8 Å². The van der Waals surface area contributed by atoms with Crippen LogP contribution in [-0.4, -0.2) is 21.1 Å². The largest absolute Gasteiger partial charge is 0.347 e. The molecule has 0 bridgehead atoms. The van der Waals surface area contributed by atoms with Gasteiger partial charge in [-0.25, -0.2) is 0 Å². The van der Waals surface area contributed by atoms with Crippen molar-refractivity contribution in [1.29, 1.82) is 0 Å². The number of anilines is 1. The summed E-state index contributed by atoms with van der Waals surface area (Å²) in [5.74, 6) is -0.0596. The van der Waals surface area contributed by atoms with Crippen molar-refractivity contribution >= 4 is 68.6 Å². The molecule has 1 aliphatic heterocycles. The molecule has 0 saturated carbocycles. The van der Waals surface area contributed by atoms with Crippen LogP contribution in [-0.2, 0) is 11.8 Å². The van der Waals surface area contributed by atoms with Gasteiger partial charge in [0.15, 0.2) is 4.32 Å². The lowest BCUT2D eigenvalue weighted by Gasteiger charge is -2.15. The second-order valence-electron chi connectivity index (χ2n) is 6.29. The Morgan fingerprint density at radius 1 is 1.15 bits per heavy atom. The van der Waals surface area contributed by atoms with Crippen LogP contribution >= 0.6 is 35.7 Å². The van der Waals surface area contributed by atoms with Crippen molar-refractivity contribution in [2.24, 2.45) is 7.05 Å². The zero-order valence-corrected chi connectivity index (χ0v) is 17.7. The summed E-state index contributed by atoms with van der Waals surface area (Å²) >= 11 is 8.53. The van der Waals surface area contributed by atoms with Crippen molar-refractivity contribution in [3.8, 4) is 0 Å². The molecule has 4 rings (SSSR count). The second kappa shape index (κ2) is 7.19. The number of benzene rings is 2. The molecule has 0 radical (unpaired) electrons. The molecule has 0 N–H and O–H groups in total. The maximum Gasteiger partial charge on any atom is 0.270 e. The van der Waals surface area contributed by atoms with E-state index < -0.39 is 0 Å². The number of para-hydroxylation sites is 1. The molecule has 136 valence electrons. The van der Waals surface area contributed by atoms with Crippen molar-refractivity contribution in [3.63, 3.8) is 0 Å². The number of nitrogens with zero attached hydrogens (tertiary/aromatic N) is 2. The zero-order valence-electron chi connectivity index (χ0n) is 15.2. The molecule has 6 heteroatoms. The van der Waals surface area contributed by atoms with Gasteiger partial charge in [0, 0.05) is 34.1 Å². The fraction of sp³-hybridized carbons (Fsp3) is 0.143. The minimum atomic E-state index is -0.0596. The first-order valence-electron chi connectivity index (χ1n) is 8.47. The number of hydrogen-bond acceptors (Lipinski definition) is 4. The summed E-state index contributed by atoms with van der Waals surface area (Å²) in [6.45, 7) is 2.08. The van der Waals surface area contributed by atoms with E-state index in [4.69, 9.17) is 12.2 Å². The maximum atomic E-state index is 13.1. The molecule has 1 amide bonds. The van der Waals surface area contributed by atoms with E-state index in [-0.39, 0.29) is 5.91 Å². The van der Waals surface area contributed by atoms with E-state index in [0.717, 1.165) is 32.7 Å². The zero-order chi connectivity index (χ0) is 19.1. The summed E-state index contributed by atoms with van der Waals surface area (Å²) in [6.07, 6.45) is 4.00. The fourth-order valence-corrected chi connectivity index (χ4v) is 5.04. The van der Waals surface area contributed by atoms with E-state index in [1.54, 1.807) is 16.7 Å². The highest BCUT2D eigenvalue weighted by Gasteiger charge is 2.33. The number of fused-ring (bicyclic) bond motifs is 1. The predicted octanol–water partition coefficient (Wildman–Crippen LogP) is 5.61. The summed E-state index contributed by atoms with van der Waals surface area (Å²) in [6, 6.07) is 16.2. The Bertz CT molecular complexity index is 1110. The van der Waals surface area contributed by atoms with Gasteiger partial charge in [0.1, 0.15) is 0 Å². The lowest BCUT2D eigenvalue weighted by atomic mass is 10.1. The number of amides is 1. The minimum absolute atomic E-state index is 0.0596. The molecule has 1 fully saturated rings. The van der Waals surface area contributed by atoms with E-state index in [0.29, 0.717) is 9.23 Å². The van der Waals surface area contributed by atoms with E-state index in [1.807, 2.05) is 55.8 Å². The van der Waals surface area contributed by atoms with Gasteiger partial charge in [-0.1, -0.05) is 48.2 Å². The van der Waals surface area contributed by atoms with Crippen molar-refractivity contribution in [2.75, 3.05) is 11.2 Å². The standard InChI is InChI=1S/C21H18N2OS3/c1-13-17(16-9-4-5-10-18(16)22(13)2)12-19-20(24)23(21(25)27-19)14-7-6-8-15(11-14)26-3/h4-12H,1-3H3/b19-12-. The molecular weight excluding hydrogens is 392 g/mol. The quantitative estimate of drug-likeness (QED) is 0.318. The first kappa shape index (κ1) is 18.3. The number of carbonyl (C=O) groups excluding carboxylic acids is 1. The first-order chi connectivity index (χ1) is 13.0. The Balaban J connectivity index is 1.77. The molecule has 0 atom stereocenters. The number of thioether (sulfide) groups is 2. The smallest absolute Gasteiger partial charge is 0.270 e. The predicted molar refractivity (Wildman–Crippen MR) is 122 cm³/mol. The third-order valence-corrected chi connectivity index (χ3v) is 6.86. The molecule has 2 aromatic carbocycles. The van der Waals surface area contributed by atoms with Crippen molar-refractivity contribution < 1.29 is 4.79 Å². The van der Waals surface area contributed by atoms with Gasteiger partial charge in [-0.05, 0) is 43.5 Å². The van der Waals surface area contributed by atoms with Gasteiger partial charge < -0.3 is 4.57 Å². The van der Waals surface area contributed by atoms with Crippen molar-refractivity contribution in [3.05, 3.63) is 64.7 Å². The summed E-state index contributed by atoms with van der Waals surface area (Å²) < 4.78 is 2.73. The molecule has 3 aromatic rings. The number of aromatic nitrogens is 1. The summed E-state index contributed by atoms with van der Waals surface area (Å²) in [5.41, 5.74) is 4.18. The van der Waals surface area contributed by atoms with E-state index in [9.17, 15) is 4.79 Å². The van der Waals surface area contributed by atoms with Crippen molar-refractivity contribution in [2.45, 2.75) is 11.8 Å². The normalized spacial score (nSPS) is 16.1. The minimum Gasteiger partial charge on any atom is -0.347 e. The molecule has 1 aromatic heterocycles. The molecule has 0 spiro atoms. The van der Waals surface area contributed by atoms with Crippen LogP contribution in [0.5, 0.6) is 0 Å². The Morgan fingerprint density at radius 2 is 1.93 bits per heavy atom. The van der Waals surface area contributed by atoms with Crippen LogP contribution in [0.4, 0.5) is 5.69 Å².